The van der Waals surface area contributed by atoms with Crippen molar-refractivity contribution in [1.82, 2.24) is 10.2 Å². The van der Waals surface area contributed by atoms with Gasteiger partial charge in [0.15, 0.2) is 0 Å². The molecule has 3 unspecified atom stereocenters. The zero-order chi connectivity index (χ0) is 13.0. The van der Waals surface area contributed by atoms with Gasteiger partial charge in [0.25, 0.3) is 0 Å². The first kappa shape index (κ1) is 14.3. The van der Waals surface area contributed by atoms with Gasteiger partial charge in [0, 0.05) is 19.2 Å². The monoisotopic (exact) mass is 254 g/mol. The maximum Gasteiger partial charge on any atom is 0.0509 e. The molecule has 0 radical (unpaired) electrons. The van der Waals surface area contributed by atoms with Gasteiger partial charge in [0.2, 0.25) is 0 Å². The summed E-state index contributed by atoms with van der Waals surface area (Å²) >= 11 is 0. The van der Waals surface area contributed by atoms with E-state index in [1.54, 1.807) is 0 Å². The molecule has 2 rings (SSSR count). The van der Waals surface area contributed by atoms with Gasteiger partial charge in [-0.15, -0.1) is 0 Å². The molecule has 0 spiro atoms. The minimum absolute atomic E-state index is 0.711. The van der Waals surface area contributed by atoms with Crippen molar-refractivity contribution in [3.63, 3.8) is 0 Å². The highest BCUT2D eigenvalue weighted by Gasteiger charge is 2.31. The molecule has 0 bridgehead atoms. The predicted molar refractivity (Wildman–Crippen MR) is 75.8 cm³/mol. The normalized spacial score (nSPS) is 31.3. The van der Waals surface area contributed by atoms with Crippen molar-refractivity contribution in [2.24, 2.45) is 17.8 Å². The topological polar surface area (TPSA) is 24.5 Å². The highest BCUT2D eigenvalue weighted by atomic mass is 16.5. The fourth-order valence-electron chi connectivity index (χ4n) is 3.21. The zero-order valence-corrected chi connectivity index (χ0v) is 12.3. The molecule has 2 aliphatic heterocycles. The number of ether oxygens (including phenoxy) is 1. The Hall–Kier alpha value is -0.120. The van der Waals surface area contributed by atoms with Crippen LogP contribution in [0.15, 0.2) is 0 Å². The van der Waals surface area contributed by atoms with Gasteiger partial charge in [0.05, 0.1) is 6.61 Å². The van der Waals surface area contributed by atoms with Crippen LogP contribution in [-0.2, 0) is 4.74 Å². The first-order chi connectivity index (χ1) is 8.66. The van der Waals surface area contributed by atoms with Gasteiger partial charge in [-0.2, -0.15) is 0 Å². The fraction of sp³-hybridized carbons (Fsp3) is 1.00. The second-order valence-electron chi connectivity index (χ2n) is 6.57. The first-order valence-electron chi connectivity index (χ1n) is 7.69. The Kier molecular flexibility index (Phi) is 5.46. The molecule has 18 heavy (non-hydrogen) atoms. The lowest BCUT2D eigenvalue weighted by molar-refractivity contribution is 0.142. The Morgan fingerprint density at radius 1 is 1.28 bits per heavy atom. The second kappa shape index (κ2) is 6.88. The van der Waals surface area contributed by atoms with E-state index in [4.69, 9.17) is 4.74 Å². The number of nitrogens with one attached hydrogen (secondary N) is 1. The molecule has 2 aliphatic rings. The van der Waals surface area contributed by atoms with Gasteiger partial charge in [-0.3, -0.25) is 4.90 Å². The van der Waals surface area contributed by atoms with Crippen molar-refractivity contribution in [2.45, 2.75) is 39.7 Å². The SMILES string of the molecule is CC(C)CNCC1CCN(C(C)C2CCOC2)C1. The van der Waals surface area contributed by atoms with Crippen LogP contribution in [0.3, 0.4) is 0 Å². The third-order valence-electron chi connectivity index (χ3n) is 4.53. The minimum Gasteiger partial charge on any atom is -0.381 e. The third-order valence-corrected chi connectivity index (χ3v) is 4.53. The van der Waals surface area contributed by atoms with Crippen LogP contribution in [0.2, 0.25) is 0 Å². The summed E-state index contributed by atoms with van der Waals surface area (Å²) in [5, 5.41) is 3.60. The molecule has 3 atom stereocenters. The Balaban J connectivity index is 1.67. The smallest absolute Gasteiger partial charge is 0.0509 e. The van der Waals surface area contributed by atoms with Crippen LogP contribution in [-0.4, -0.2) is 50.3 Å². The highest BCUT2D eigenvalue weighted by molar-refractivity contribution is 4.85. The van der Waals surface area contributed by atoms with Gasteiger partial charge in [0.1, 0.15) is 0 Å². The number of nitrogens with zero attached hydrogens (tertiary/aromatic N) is 1. The maximum absolute atomic E-state index is 5.52. The Labute approximate surface area is 112 Å². The molecular formula is C15H30N2O. The van der Waals surface area contributed by atoms with E-state index in [9.17, 15) is 0 Å². The highest BCUT2D eigenvalue weighted by Crippen LogP contribution is 2.26. The van der Waals surface area contributed by atoms with Crippen molar-refractivity contribution in [2.75, 3.05) is 39.4 Å². The van der Waals surface area contributed by atoms with Crippen molar-refractivity contribution in [3.8, 4) is 0 Å². The molecule has 0 aromatic carbocycles. The summed E-state index contributed by atoms with van der Waals surface area (Å²) in [5.74, 6) is 2.39. The molecule has 3 heteroatoms. The number of hydrogen-bond acceptors (Lipinski definition) is 3. The fourth-order valence-corrected chi connectivity index (χ4v) is 3.21. The molecular weight excluding hydrogens is 224 g/mol. The Bertz CT molecular complexity index is 239. The van der Waals surface area contributed by atoms with Crippen LogP contribution in [0.25, 0.3) is 0 Å². The van der Waals surface area contributed by atoms with E-state index >= 15 is 0 Å². The Morgan fingerprint density at radius 2 is 2.11 bits per heavy atom. The van der Waals surface area contributed by atoms with Gasteiger partial charge in [-0.25, -0.2) is 0 Å². The van der Waals surface area contributed by atoms with E-state index in [0.717, 1.165) is 37.5 Å². The molecule has 0 saturated carbocycles. The van der Waals surface area contributed by atoms with Crippen LogP contribution >= 0.6 is 0 Å². The van der Waals surface area contributed by atoms with Gasteiger partial charge in [-0.05, 0) is 57.2 Å². The molecule has 1 N–H and O–H groups in total. The number of rotatable bonds is 6. The number of hydrogen-bond donors (Lipinski definition) is 1. The minimum atomic E-state index is 0.711. The first-order valence-corrected chi connectivity index (χ1v) is 7.69. The average Bonchev–Trinajstić information content (AvgIpc) is 2.99. The summed E-state index contributed by atoms with van der Waals surface area (Å²) in [6.07, 6.45) is 2.62. The molecule has 2 saturated heterocycles. The van der Waals surface area contributed by atoms with Gasteiger partial charge in [-0.1, -0.05) is 13.8 Å². The molecule has 0 aromatic heterocycles. The summed E-state index contributed by atoms with van der Waals surface area (Å²) < 4.78 is 5.52. The predicted octanol–water partition coefficient (Wildman–Crippen LogP) is 1.98. The van der Waals surface area contributed by atoms with E-state index < -0.39 is 0 Å². The summed E-state index contributed by atoms with van der Waals surface area (Å²) in [7, 11) is 0. The van der Waals surface area contributed by atoms with E-state index in [0.29, 0.717) is 6.04 Å². The van der Waals surface area contributed by atoms with E-state index in [-0.39, 0.29) is 0 Å². The van der Waals surface area contributed by atoms with Crippen LogP contribution in [0.1, 0.15) is 33.6 Å². The second-order valence-corrected chi connectivity index (χ2v) is 6.57. The zero-order valence-electron chi connectivity index (χ0n) is 12.3. The molecule has 0 aliphatic carbocycles. The summed E-state index contributed by atoms with van der Waals surface area (Å²) in [4.78, 5) is 2.68. The van der Waals surface area contributed by atoms with E-state index in [1.807, 2.05) is 0 Å². The van der Waals surface area contributed by atoms with Crippen molar-refractivity contribution >= 4 is 0 Å². The molecule has 0 aromatic rings. The maximum atomic E-state index is 5.52. The lowest BCUT2D eigenvalue weighted by Crippen LogP contribution is -2.38. The standard InChI is InChI=1S/C15H30N2O/c1-12(2)8-16-9-14-4-6-17(10-14)13(3)15-5-7-18-11-15/h12-16H,4-11H2,1-3H3. The van der Waals surface area contributed by atoms with Gasteiger partial charge >= 0.3 is 0 Å². The molecule has 2 heterocycles. The van der Waals surface area contributed by atoms with Crippen molar-refractivity contribution in [1.29, 1.82) is 0 Å². The third kappa shape index (κ3) is 3.94. The lowest BCUT2D eigenvalue weighted by Gasteiger charge is -2.28. The molecule has 0 amide bonds. The summed E-state index contributed by atoms with van der Waals surface area (Å²) in [6, 6.07) is 0.711. The van der Waals surface area contributed by atoms with E-state index in [1.165, 1.54) is 32.5 Å². The van der Waals surface area contributed by atoms with Crippen LogP contribution in [0.4, 0.5) is 0 Å². The average molecular weight is 254 g/mol. The van der Waals surface area contributed by atoms with Crippen molar-refractivity contribution < 1.29 is 4.74 Å². The molecule has 106 valence electrons. The van der Waals surface area contributed by atoms with Crippen LogP contribution in [0.5, 0.6) is 0 Å². The summed E-state index contributed by atoms with van der Waals surface area (Å²) in [5.41, 5.74) is 0. The van der Waals surface area contributed by atoms with Gasteiger partial charge < -0.3 is 10.1 Å². The van der Waals surface area contributed by atoms with E-state index in [2.05, 4.69) is 31.0 Å². The van der Waals surface area contributed by atoms with Crippen molar-refractivity contribution in [3.05, 3.63) is 0 Å². The van der Waals surface area contributed by atoms with Crippen LogP contribution in [0, 0.1) is 17.8 Å². The molecule has 2 fully saturated rings. The summed E-state index contributed by atoms with van der Waals surface area (Å²) in [6.45, 7) is 13.8. The number of likely N-dealkylation sites (tertiary alicyclic amines) is 1. The quantitative estimate of drug-likeness (QED) is 0.784. The molecule has 3 nitrogen and oxygen atoms in total. The van der Waals surface area contributed by atoms with Crippen LogP contribution < -0.4 is 5.32 Å². The lowest BCUT2D eigenvalue weighted by atomic mass is 9.99. The Morgan fingerprint density at radius 3 is 2.78 bits per heavy atom. The largest absolute Gasteiger partial charge is 0.381 e.